The van der Waals surface area contributed by atoms with Gasteiger partial charge in [0.25, 0.3) is 5.91 Å². The molecule has 1 N–H and O–H groups in total. The Hall–Kier alpha value is -1.61. The number of nitrogens with one attached hydrogen (secondary N) is 1. The Bertz CT molecular complexity index is 572. The summed E-state index contributed by atoms with van der Waals surface area (Å²) >= 11 is 3.22. The van der Waals surface area contributed by atoms with Gasteiger partial charge in [-0.25, -0.2) is 0 Å². The Morgan fingerprint density at radius 3 is 2.65 bits per heavy atom. The summed E-state index contributed by atoms with van der Waals surface area (Å²) in [6.45, 7) is 4.12. The fourth-order valence-corrected chi connectivity index (χ4v) is 1.84. The molecule has 0 atom stereocenters. The van der Waals surface area contributed by atoms with Crippen LogP contribution in [0.5, 0.6) is 0 Å². The summed E-state index contributed by atoms with van der Waals surface area (Å²) in [6, 6.07) is 13.6. The van der Waals surface area contributed by atoms with Crippen molar-refractivity contribution in [2.45, 2.75) is 0 Å². The molecule has 1 amide bonds. The van der Waals surface area contributed by atoms with Gasteiger partial charge in [0.15, 0.2) is 0 Å². The van der Waals surface area contributed by atoms with Crippen molar-refractivity contribution in [3.63, 3.8) is 0 Å². The summed E-state index contributed by atoms with van der Waals surface area (Å²) in [5.41, 5.74) is 0.692. The number of benzene rings is 2. The van der Waals surface area contributed by atoms with Crippen LogP contribution in [0.2, 0.25) is 0 Å². The molecule has 86 valence electrons. The monoisotopic (exact) mass is 289 g/mol. The highest BCUT2D eigenvalue weighted by atomic mass is 79.9. The Labute approximate surface area is 108 Å². The van der Waals surface area contributed by atoms with Crippen LogP contribution in [0.4, 0.5) is 0 Å². The van der Waals surface area contributed by atoms with Gasteiger partial charge in [0.1, 0.15) is 0 Å². The summed E-state index contributed by atoms with van der Waals surface area (Å²) in [6.07, 6.45) is 0. The van der Waals surface area contributed by atoms with E-state index >= 15 is 0 Å². The van der Waals surface area contributed by atoms with Gasteiger partial charge in [-0.2, -0.15) is 0 Å². The van der Waals surface area contributed by atoms with Crippen LogP contribution in [0.3, 0.4) is 0 Å². The first-order valence-electron chi connectivity index (χ1n) is 5.28. The molecular formula is C14H12BrNO. The molecule has 0 unspecified atom stereocenters. The molecule has 2 aromatic carbocycles. The maximum Gasteiger partial charge on any atom is 0.252 e. The number of carbonyl (C=O) groups excluding carboxylic acids is 1. The highest BCUT2D eigenvalue weighted by Gasteiger charge is 2.08. The molecule has 0 aromatic heterocycles. The van der Waals surface area contributed by atoms with Gasteiger partial charge in [-0.05, 0) is 16.8 Å². The number of hydrogen-bond acceptors (Lipinski definition) is 1. The van der Waals surface area contributed by atoms with E-state index in [1.807, 2.05) is 42.5 Å². The third kappa shape index (κ3) is 2.74. The molecule has 2 aromatic rings. The summed E-state index contributed by atoms with van der Waals surface area (Å²) < 4.78 is 0.756. The summed E-state index contributed by atoms with van der Waals surface area (Å²) in [5, 5.41) is 4.84. The lowest BCUT2D eigenvalue weighted by Crippen LogP contribution is -2.24. The lowest BCUT2D eigenvalue weighted by atomic mass is 10.0. The summed E-state index contributed by atoms with van der Waals surface area (Å²) in [4.78, 5) is 12.0. The van der Waals surface area contributed by atoms with Gasteiger partial charge in [0.05, 0.1) is 0 Å². The maximum atomic E-state index is 12.0. The Morgan fingerprint density at radius 2 is 1.88 bits per heavy atom. The van der Waals surface area contributed by atoms with Gasteiger partial charge in [-0.3, -0.25) is 4.79 Å². The largest absolute Gasteiger partial charge is 0.347 e. The smallest absolute Gasteiger partial charge is 0.252 e. The molecule has 0 saturated heterocycles. The second-order valence-electron chi connectivity index (χ2n) is 3.73. The molecule has 0 heterocycles. The van der Waals surface area contributed by atoms with Crippen LogP contribution in [0.15, 0.2) is 53.5 Å². The standard InChI is InChI=1S/C14H12BrNO/c1-10(15)9-16-14(17)13-8-4-6-11-5-2-3-7-12(11)13/h2-8H,1,9H2,(H,16,17). The maximum absolute atomic E-state index is 12.0. The zero-order valence-corrected chi connectivity index (χ0v) is 10.8. The summed E-state index contributed by atoms with van der Waals surface area (Å²) in [7, 11) is 0. The number of fused-ring (bicyclic) bond motifs is 1. The normalized spacial score (nSPS) is 10.2. The molecule has 17 heavy (non-hydrogen) atoms. The lowest BCUT2D eigenvalue weighted by molar-refractivity contribution is 0.0959. The molecule has 0 aliphatic carbocycles. The molecule has 0 bridgehead atoms. The first-order chi connectivity index (χ1) is 8.18. The zero-order valence-electron chi connectivity index (χ0n) is 9.24. The van der Waals surface area contributed by atoms with Crippen LogP contribution in [-0.2, 0) is 0 Å². The van der Waals surface area contributed by atoms with Crippen molar-refractivity contribution < 1.29 is 4.79 Å². The van der Waals surface area contributed by atoms with Crippen LogP contribution in [0.25, 0.3) is 10.8 Å². The SMILES string of the molecule is C=C(Br)CNC(=O)c1cccc2ccccc12. The van der Waals surface area contributed by atoms with E-state index in [0.29, 0.717) is 12.1 Å². The average molecular weight is 290 g/mol. The number of carbonyl (C=O) groups is 1. The van der Waals surface area contributed by atoms with E-state index in [2.05, 4.69) is 27.8 Å². The van der Waals surface area contributed by atoms with E-state index in [0.717, 1.165) is 15.3 Å². The minimum atomic E-state index is -0.0811. The zero-order chi connectivity index (χ0) is 12.3. The van der Waals surface area contributed by atoms with Crippen LogP contribution >= 0.6 is 15.9 Å². The summed E-state index contributed by atoms with van der Waals surface area (Å²) in [5.74, 6) is -0.0811. The number of hydrogen-bond donors (Lipinski definition) is 1. The molecule has 2 nitrogen and oxygen atoms in total. The third-order valence-corrected chi connectivity index (χ3v) is 2.76. The third-order valence-electron chi connectivity index (χ3n) is 2.48. The van der Waals surface area contributed by atoms with Crippen LogP contribution < -0.4 is 5.32 Å². The molecular weight excluding hydrogens is 278 g/mol. The Kier molecular flexibility index (Phi) is 3.59. The number of amides is 1. The van der Waals surface area contributed by atoms with Crippen molar-refractivity contribution in [2.75, 3.05) is 6.54 Å². The van der Waals surface area contributed by atoms with Gasteiger partial charge in [0.2, 0.25) is 0 Å². The minimum Gasteiger partial charge on any atom is -0.347 e. The molecule has 0 radical (unpaired) electrons. The fourth-order valence-electron chi connectivity index (χ4n) is 1.69. The highest BCUT2D eigenvalue weighted by Crippen LogP contribution is 2.18. The van der Waals surface area contributed by atoms with E-state index in [4.69, 9.17) is 0 Å². The number of rotatable bonds is 3. The topological polar surface area (TPSA) is 29.1 Å². The van der Waals surface area contributed by atoms with Crippen molar-refractivity contribution in [3.05, 3.63) is 59.1 Å². The quantitative estimate of drug-likeness (QED) is 0.921. The molecule has 0 aliphatic rings. The van der Waals surface area contributed by atoms with E-state index in [1.165, 1.54) is 0 Å². The molecule has 0 fully saturated rings. The average Bonchev–Trinajstić information content (AvgIpc) is 2.35. The molecule has 2 rings (SSSR count). The van der Waals surface area contributed by atoms with Crippen molar-refractivity contribution in [1.82, 2.24) is 5.32 Å². The Morgan fingerprint density at radius 1 is 1.18 bits per heavy atom. The highest BCUT2D eigenvalue weighted by molar-refractivity contribution is 9.11. The fraction of sp³-hybridized carbons (Fsp3) is 0.0714. The van der Waals surface area contributed by atoms with E-state index in [9.17, 15) is 4.79 Å². The molecule has 0 spiro atoms. The molecule has 3 heteroatoms. The van der Waals surface area contributed by atoms with E-state index in [-0.39, 0.29) is 5.91 Å². The van der Waals surface area contributed by atoms with Gasteiger partial charge in [-0.15, -0.1) is 0 Å². The van der Waals surface area contributed by atoms with Crippen molar-refractivity contribution in [3.8, 4) is 0 Å². The number of halogens is 1. The van der Waals surface area contributed by atoms with Crippen molar-refractivity contribution in [1.29, 1.82) is 0 Å². The predicted octanol–water partition coefficient (Wildman–Crippen LogP) is 3.48. The van der Waals surface area contributed by atoms with E-state index < -0.39 is 0 Å². The molecule has 0 aliphatic heterocycles. The van der Waals surface area contributed by atoms with Crippen LogP contribution in [-0.4, -0.2) is 12.5 Å². The van der Waals surface area contributed by atoms with E-state index in [1.54, 1.807) is 0 Å². The first-order valence-corrected chi connectivity index (χ1v) is 6.07. The second kappa shape index (κ2) is 5.15. The van der Waals surface area contributed by atoms with Crippen LogP contribution in [0.1, 0.15) is 10.4 Å². The van der Waals surface area contributed by atoms with Gasteiger partial charge >= 0.3 is 0 Å². The van der Waals surface area contributed by atoms with Gasteiger partial charge in [0, 0.05) is 16.6 Å². The minimum absolute atomic E-state index is 0.0811. The second-order valence-corrected chi connectivity index (χ2v) is 4.85. The van der Waals surface area contributed by atoms with Crippen LogP contribution in [0, 0.1) is 0 Å². The van der Waals surface area contributed by atoms with Gasteiger partial charge < -0.3 is 5.32 Å². The van der Waals surface area contributed by atoms with Gasteiger partial charge in [-0.1, -0.05) is 58.9 Å². The molecule has 0 saturated carbocycles. The predicted molar refractivity (Wildman–Crippen MR) is 74.3 cm³/mol. The van der Waals surface area contributed by atoms with Crippen molar-refractivity contribution >= 4 is 32.6 Å². The van der Waals surface area contributed by atoms with Crippen molar-refractivity contribution in [2.24, 2.45) is 0 Å². The Balaban J connectivity index is 2.35. The first kappa shape index (κ1) is 11.9. The lowest BCUT2D eigenvalue weighted by Gasteiger charge is -2.07.